The van der Waals surface area contributed by atoms with Gasteiger partial charge >= 0.3 is 5.97 Å². The summed E-state index contributed by atoms with van der Waals surface area (Å²) < 4.78 is 12.3. The second-order valence-corrected chi connectivity index (χ2v) is 10.9. The number of ether oxygens (including phenoxy) is 2. The first-order chi connectivity index (χ1) is 19.8. The van der Waals surface area contributed by atoms with Crippen LogP contribution < -0.4 is 14.9 Å². The molecule has 1 amide bonds. The topological polar surface area (TPSA) is 92.8 Å². The van der Waals surface area contributed by atoms with Crippen molar-refractivity contribution in [1.82, 2.24) is 10.4 Å². The lowest BCUT2D eigenvalue weighted by molar-refractivity contribution is 0.0728. The van der Waals surface area contributed by atoms with Gasteiger partial charge in [0.2, 0.25) is 0 Å². The van der Waals surface area contributed by atoms with Crippen LogP contribution in [0.4, 0.5) is 0 Å². The fourth-order valence-corrected chi connectivity index (χ4v) is 5.05. The Morgan fingerprint density at radius 1 is 0.976 bits per heavy atom. The molecule has 0 bridgehead atoms. The summed E-state index contributed by atoms with van der Waals surface area (Å²) in [4.78, 5) is 29.1. The number of H-pyrrole nitrogens is 1. The summed E-state index contributed by atoms with van der Waals surface area (Å²) >= 11 is 14.7. The highest BCUT2D eigenvalue weighted by molar-refractivity contribution is 14.1. The number of esters is 1. The zero-order chi connectivity index (χ0) is 28.9. The fourth-order valence-electron chi connectivity index (χ4n) is 4.20. The number of aromatic amines is 1. The smallest absolute Gasteiger partial charge is 0.343 e. The van der Waals surface area contributed by atoms with Crippen LogP contribution in [-0.4, -0.2) is 29.7 Å². The summed E-state index contributed by atoms with van der Waals surface area (Å²) in [5, 5.41) is 6.09. The van der Waals surface area contributed by atoms with Crippen LogP contribution in [0.25, 0.3) is 22.0 Å². The molecule has 41 heavy (non-hydrogen) atoms. The average molecular weight is 698 g/mol. The minimum Gasteiger partial charge on any atom is -0.490 e. The van der Waals surface area contributed by atoms with Gasteiger partial charge in [0, 0.05) is 35.6 Å². The summed E-state index contributed by atoms with van der Waals surface area (Å²) in [6.07, 6.45) is 1.48. The van der Waals surface area contributed by atoms with Gasteiger partial charge in [-0.2, -0.15) is 5.10 Å². The first kappa shape index (κ1) is 28.7. The molecule has 10 heteroatoms. The molecular formula is C31H22Cl2IN3O4. The van der Waals surface area contributed by atoms with Crippen molar-refractivity contribution in [2.45, 2.75) is 6.92 Å². The third-order valence-electron chi connectivity index (χ3n) is 6.06. The molecule has 0 aliphatic rings. The summed E-state index contributed by atoms with van der Waals surface area (Å²) in [5.74, 6) is -0.360. The molecule has 0 atom stereocenters. The predicted octanol–water partition coefficient (Wildman–Crippen LogP) is 8.13. The van der Waals surface area contributed by atoms with Crippen molar-refractivity contribution in [3.05, 3.63) is 115 Å². The van der Waals surface area contributed by atoms with Gasteiger partial charge in [-0.05, 0) is 102 Å². The van der Waals surface area contributed by atoms with Gasteiger partial charge in [-0.1, -0.05) is 41.4 Å². The predicted molar refractivity (Wildman–Crippen MR) is 171 cm³/mol. The average Bonchev–Trinajstić information content (AvgIpc) is 3.33. The molecule has 0 saturated carbocycles. The van der Waals surface area contributed by atoms with Crippen molar-refractivity contribution in [3.63, 3.8) is 0 Å². The van der Waals surface area contributed by atoms with E-state index in [0.29, 0.717) is 44.8 Å². The Labute approximate surface area is 259 Å². The van der Waals surface area contributed by atoms with Gasteiger partial charge in [-0.15, -0.1) is 0 Å². The zero-order valence-corrected chi connectivity index (χ0v) is 25.3. The molecular weight excluding hydrogens is 676 g/mol. The van der Waals surface area contributed by atoms with Crippen LogP contribution in [-0.2, 0) is 0 Å². The Morgan fingerprint density at radius 3 is 2.51 bits per heavy atom. The normalized spacial score (nSPS) is 11.1. The zero-order valence-electron chi connectivity index (χ0n) is 21.6. The molecule has 0 fully saturated rings. The van der Waals surface area contributed by atoms with Crippen LogP contribution in [0.3, 0.4) is 0 Å². The molecule has 4 aromatic carbocycles. The van der Waals surface area contributed by atoms with E-state index < -0.39 is 11.9 Å². The van der Waals surface area contributed by atoms with Crippen LogP contribution in [0.1, 0.15) is 33.3 Å². The van der Waals surface area contributed by atoms with Crippen molar-refractivity contribution in [2.75, 3.05) is 6.61 Å². The van der Waals surface area contributed by atoms with Crippen molar-refractivity contribution in [2.24, 2.45) is 5.10 Å². The van der Waals surface area contributed by atoms with E-state index in [1.54, 1.807) is 48.5 Å². The van der Waals surface area contributed by atoms with E-state index in [1.165, 1.54) is 6.21 Å². The first-order valence-electron chi connectivity index (χ1n) is 12.5. The Morgan fingerprint density at radius 2 is 1.76 bits per heavy atom. The lowest BCUT2D eigenvalue weighted by Gasteiger charge is -2.11. The fraction of sp³-hybridized carbons (Fsp3) is 0.0645. The summed E-state index contributed by atoms with van der Waals surface area (Å²) in [6, 6.07) is 24.6. The minimum atomic E-state index is -0.543. The Bertz CT molecular complexity index is 1780. The number of carbonyl (C=O) groups excluding carboxylic acids is 2. The van der Waals surface area contributed by atoms with E-state index in [4.69, 9.17) is 32.7 Å². The second kappa shape index (κ2) is 12.8. The quantitative estimate of drug-likeness (QED) is 0.0563. The van der Waals surface area contributed by atoms with Crippen molar-refractivity contribution < 1.29 is 19.1 Å². The van der Waals surface area contributed by atoms with Crippen LogP contribution in [0.2, 0.25) is 10.0 Å². The maximum absolute atomic E-state index is 13.3. The molecule has 1 heterocycles. The third-order valence-corrected chi connectivity index (χ3v) is 7.31. The molecule has 0 radical (unpaired) electrons. The van der Waals surface area contributed by atoms with Gasteiger partial charge in [-0.25, -0.2) is 10.2 Å². The number of nitrogens with zero attached hydrogens (tertiary/aromatic N) is 1. The maximum atomic E-state index is 13.3. The number of amides is 1. The highest BCUT2D eigenvalue weighted by atomic mass is 127. The van der Waals surface area contributed by atoms with E-state index in [0.717, 1.165) is 20.0 Å². The van der Waals surface area contributed by atoms with Crippen LogP contribution in [0.5, 0.6) is 11.5 Å². The largest absolute Gasteiger partial charge is 0.490 e. The van der Waals surface area contributed by atoms with Crippen LogP contribution in [0, 0.1) is 3.57 Å². The Kier molecular flexibility index (Phi) is 8.92. The molecule has 5 rings (SSSR count). The number of halogens is 3. The number of carbonyl (C=O) groups is 2. The molecule has 206 valence electrons. The molecule has 0 aliphatic carbocycles. The number of fused-ring (bicyclic) bond motifs is 1. The van der Waals surface area contributed by atoms with Crippen molar-refractivity contribution >= 4 is 74.8 Å². The molecule has 5 aromatic rings. The lowest BCUT2D eigenvalue weighted by atomic mass is 10.0. The van der Waals surface area contributed by atoms with Gasteiger partial charge in [0.1, 0.15) is 5.69 Å². The molecule has 1 aromatic heterocycles. The van der Waals surface area contributed by atoms with Gasteiger partial charge in [0.25, 0.3) is 5.91 Å². The van der Waals surface area contributed by atoms with E-state index >= 15 is 0 Å². The number of nitrogens with one attached hydrogen (secondary N) is 2. The van der Waals surface area contributed by atoms with E-state index in [1.807, 2.05) is 43.3 Å². The number of hydrogen-bond donors (Lipinski definition) is 2. The molecule has 0 spiro atoms. The first-order valence-corrected chi connectivity index (χ1v) is 14.3. The van der Waals surface area contributed by atoms with Gasteiger partial charge in [0.15, 0.2) is 11.5 Å². The van der Waals surface area contributed by atoms with E-state index in [-0.39, 0.29) is 5.75 Å². The van der Waals surface area contributed by atoms with Gasteiger partial charge in [0.05, 0.1) is 18.4 Å². The van der Waals surface area contributed by atoms with E-state index in [2.05, 4.69) is 38.1 Å². The summed E-state index contributed by atoms with van der Waals surface area (Å²) in [5.41, 5.74) is 6.15. The number of benzene rings is 4. The minimum absolute atomic E-state index is 0.255. The SMILES string of the molecule is CCOc1cc(C=NNC(=O)c2[nH]c3ccc(I)cc3c2-c2ccccc2Cl)ccc1OC(=O)c1ccc(Cl)cc1. The molecule has 2 N–H and O–H groups in total. The lowest BCUT2D eigenvalue weighted by Crippen LogP contribution is -2.19. The number of aromatic nitrogens is 1. The monoisotopic (exact) mass is 697 g/mol. The van der Waals surface area contributed by atoms with Gasteiger partial charge in [-0.3, -0.25) is 4.79 Å². The third kappa shape index (κ3) is 6.56. The number of hydrogen-bond acceptors (Lipinski definition) is 5. The standard InChI is InChI=1S/C31H22Cl2IN3O4/c1-2-40-27-15-18(7-14-26(27)41-31(39)19-8-10-20(32)11-9-19)17-35-37-30(38)29-28(22-5-3-4-6-24(22)33)23-16-21(34)12-13-25(23)36-29/h3-17,36H,2H2,1H3,(H,37,38). The number of rotatable bonds is 8. The molecule has 0 aliphatic heterocycles. The van der Waals surface area contributed by atoms with E-state index in [9.17, 15) is 9.59 Å². The molecule has 7 nitrogen and oxygen atoms in total. The van der Waals surface area contributed by atoms with Gasteiger partial charge < -0.3 is 14.5 Å². The maximum Gasteiger partial charge on any atom is 0.343 e. The van der Waals surface area contributed by atoms with Crippen molar-refractivity contribution in [3.8, 4) is 22.6 Å². The second-order valence-electron chi connectivity index (χ2n) is 8.78. The summed E-state index contributed by atoms with van der Waals surface area (Å²) in [7, 11) is 0. The highest BCUT2D eigenvalue weighted by Crippen LogP contribution is 2.37. The van der Waals surface area contributed by atoms with Crippen LogP contribution >= 0.6 is 45.8 Å². The number of hydrazone groups is 1. The molecule has 0 unspecified atom stereocenters. The van der Waals surface area contributed by atoms with Crippen molar-refractivity contribution in [1.29, 1.82) is 0 Å². The highest BCUT2D eigenvalue weighted by Gasteiger charge is 2.21. The summed E-state index contributed by atoms with van der Waals surface area (Å²) in [6.45, 7) is 2.18. The Balaban J connectivity index is 1.37. The molecule has 0 saturated heterocycles. The van der Waals surface area contributed by atoms with Crippen LogP contribution in [0.15, 0.2) is 90.0 Å². The Hall–Kier alpha value is -3.86.